The zero-order valence-corrected chi connectivity index (χ0v) is 16.8. The van der Waals surface area contributed by atoms with Gasteiger partial charge in [-0.2, -0.15) is 0 Å². The minimum atomic E-state index is -0.991. The minimum Gasteiger partial charge on any atom is -0.448 e. The third-order valence-electron chi connectivity index (χ3n) is 4.25. The largest absolute Gasteiger partial charge is 0.448 e. The Morgan fingerprint density at radius 1 is 1.04 bits per heavy atom. The molecule has 1 aromatic heterocycles. The number of amides is 1. The number of para-hydroxylation sites is 1. The Bertz CT molecular complexity index is 1040. The van der Waals surface area contributed by atoms with Gasteiger partial charge >= 0.3 is 5.97 Å². The summed E-state index contributed by atoms with van der Waals surface area (Å²) in [4.78, 5) is 29.0. The van der Waals surface area contributed by atoms with E-state index in [1.54, 1.807) is 43.3 Å². The van der Waals surface area contributed by atoms with Gasteiger partial charge in [-0.25, -0.2) is 9.78 Å². The Morgan fingerprint density at radius 3 is 2.54 bits per heavy atom. The molecule has 0 aliphatic heterocycles. The summed E-state index contributed by atoms with van der Waals surface area (Å²) >= 11 is 12.1. The molecule has 0 unspecified atom stereocenters. The van der Waals surface area contributed by atoms with Crippen LogP contribution in [0.3, 0.4) is 0 Å². The van der Waals surface area contributed by atoms with Crippen molar-refractivity contribution in [2.75, 3.05) is 0 Å². The van der Waals surface area contributed by atoms with E-state index in [1.165, 1.54) is 6.92 Å². The number of halogens is 2. The van der Waals surface area contributed by atoms with Gasteiger partial charge in [-0.15, -0.1) is 0 Å². The quantitative estimate of drug-likeness (QED) is 0.596. The molecule has 2 aromatic carbocycles. The van der Waals surface area contributed by atoms with Crippen LogP contribution < -0.4 is 5.32 Å². The number of hydrogen-bond acceptors (Lipinski definition) is 4. The van der Waals surface area contributed by atoms with Crippen LogP contribution in [-0.2, 0) is 9.53 Å². The highest BCUT2D eigenvalue weighted by Gasteiger charge is 2.22. The molecule has 0 fully saturated rings. The van der Waals surface area contributed by atoms with Gasteiger partial charge in [-0.1, -0.05) is 53.5 Å². The van der Waals surface area contributed by atoms with Gasteiger partial charge in [0.2, 0.25) is 0 Å². The Hall–Kier alpha value is -2.63. The fourth-order valence-corrected chi connectivity index (χ4v) is 3.29. The van der Waals surface area contributed by atoms with E-state index in [0.717, 1.165) is 5.39 Å². The molecule has 3 rings (SSSR count). The molecule has 0 saturated heterocycles. The van der Waals surface area contributed by atoms with E-state index in [9.17, 15) is 9.59 Å². The van der Waals surface area contributed by atoms with Crippen molar-refractivity contribution in [1.29, 1.82) is 0 Å². The van der Waals surface area contributed by atoms with Crippen LogP contribution in [0, 0.1) is 0 Å². The van der Waals surface area contributed by atoms with Crippen LogP contribution in [0.1, 0.15) is 35.9 Å². The second-order valence-electron chi connectivity index (χ2n) is 6.33. The van der Waals surface area contributed by atoms with Crippen LogP contribution in [0.25, 0.3) is 10.9 Å². The Balaban J connectivity index is 1.64. The van der Waals surface area contributed by atoms with Crippen LogP contribution in [-0.4, -0.2) is 23.0 Å². The molecule has 144 valence electrons. The summed E-state index contributed by atoms with van der Waals surface area (Å²) in [5.74, 6) is -1.10. The van der Waals surface area contributed by atoms with E-state index in [-0.39, 0.29) is 11.7 Å². The summed E-state index contributed by atoms with van der Waals surface area (Å²) in [6.07, 6.45) is -0.991. The SMILES string of the molecule is C[C@H](OC(=O)c1ccc2ccccc2n1)C(=O)N[C@@H](C)c1ccc(Cl)cc1Cl. The van der Waals surface area contributed by atoms with E-state index >= 15 is 0 Å². The van der Waals surface area contributed by atoms with Crippen LogP contribution in [0.15, 0.2) is 54.6 Å². The Kier molecular flexibility index (Phi) is 6.17. The lowest BCUT2D eigenvalue weighted by Crippen LogP contribution is -2.37. The maximum atomic E-state index is 12.4. The number of nitrogens with zero attached hydrogens (tertiary/aromatic N) is 1. The molecule has 5 nitrogen and oxygen atoms in total. The maximum Gasteiger partial charge on any atom is 0.357 e. The number of aromatic nitrogens is 1. The van der Waals surface area contributed by atoms with Gasteiger partial charge < -0.3 is 10.1 Å². The van der Waals surface area contributed by atoms with Crippen molar-refractivity contribution >= 4 is 46.0 Å². The third kappa shape index (κ3) is 4.61. The fourth-order valence-electron chi connectivity index (χ4n) is 2.72. The molecule has 0 saturated carbocycles. The van der Waals surface area contributed by atoms with Crippen LogP contribution >= 0.6 is 23.2 Å². The Morgan fingerprint density at radius 2 is 1.79 bits per heavy atom. The number of benzene rings is 2. The van der Waals surface area contributed by atoms with E-state index in [0.29, 0.717) is 21.1 Å². The van der Waals surface area contributed by atoms with Crippen molar-refractivity contribution < 1.29 is 14.3 Å². The lowest BCUT2D eigenvalue weighted by Gasteiger charge is -2.19. The normalized spacial score (nSPS) is 13.0. The highest BCUT2D eigenvalue weighted by Crippen LogP contribution is 2.26. The van der Waals surface area contributed by atoms with E-state index < -0.39 is 18.0 Å². The van der Waals surface area contributed by atoms with E-state index in [2.05, 4.69) is 10.3 Å². The Labute approximate surface area is 172 Å². The van der Waals surface area contributed by atoms with Crippen molar-refractivity contribution in [2.45, 2.75) is 26.0 Å². The van der Waals surface area contributed by atoms with Crippen molar-refractivity contribution in [2.24, 2.45) is 0 Å². The molecule has 0 radical (unpaired) electrons. The molecular formula is C21H18Cl2N2O3. The number of carbonyl (C=O) groups excluding carboxylic acids is 2. The average molecular weight is 417 g/mol. The van der Waals surface area contributed by atoms with Gasteiger partial charge in [0.05, 0.1) is 11.6 Å². The number of nitrogens with one attached hydrogen (secondary N) is 1. The topological polar surface area (TPSA) is 68.3 Å². The van der Waals surface area contributed by atoms with Crippen molar-refractivity contribution in [3.63, 3.8) is 0 Å². The standard InChI is InChI=1S/C21H18Cl2N2O3/c1-12(16-9-8-15(22)11-17(16)23)24-20(26)13(2)28-21(27)19-10-7-14-5-3-4-6-18(14)25-19/h3-13H,1-2H3,(H,24,26)/t12-,13-/m0/s1. The first-order chi connectivity index (χ1) is 13.3. The lowest BCUT2D eigenvalue weighted by molar-refractivity contribution is -0.129. The fraction of sp³-hybridized carbons (Fsp3) is 0.190. The van der Waals surface area contributed by atoms with Gasteiger partial charge in [0.15, 0.2) is 6.10 Å². The van der Waals surface area contributed by atoms with Gasteiger partial charge in [0, 0.05) is 15.4 Å². The molecule has 28 heavy (non-hydrogen) atoms. The summed E-state index contributed by atoms with van der Waals surface area (Å²) in [6.45, 7) is 3.29. The summed E-state index contributed by atoms with van der Waals surface area (Å²) in [7, 11) is 0. The van der Waals surface area contributed by atoms with Gasteiger partial charge in [-0.05, 0) is 43.7 Å². The van der Waals surface area contributed by atoms with Crippen LogP contribution in [0.2, 0.25) is 10.0 Å². The maximum absolute atomic E-state index is 12.4. The molecule has 0 aliphatic rings. The number of pyridine rings is 1. The first-order valence-electron chi connectivity index (χ1n) is 8.67. The molecule has 3 aromatic rings. The molecule has 1 amide bonds. The van der Waals surface area contributed by atoms with Crippen LogP contribution in [0.4, 0.5) is 0 Å². The van der Waals surface area contributed by atoms with Crippen LogP contribution in [0.5, 0.6) is 0 Å². The first kappa shape index (κ1) is 20.1. The molecule has 2 atom stereocenters. The smallest absolute Gasteiger partial charge is 0.357 e. The third-order valence-corrected chi connectivity index (χ3v) is 4.81. The zero-order valence-electron chi connectivity index (χ0n) is 15.3. The molecule has 0 spiro atoms. The highest BCUT2D eigenvalue weighted by atomic mass is 35.5. The number of ether oxygens (including phenoxy) is 1. The summed E-state index contributed by atoms with van der Waals surface area (Å²) in [6, 6.07) is 15.5. The average Bonchev–Trinajstić information content (AvgIpc) is 2.67. The number of hydrogen-bond donors (Lipinski definition) is 1. The van der Waals surface area contributed by atoms with Gasteiger partial charge in [0.1, 0.15) is 5.69 Å². The first-order valence-corrected chi connectivity index (χ1v) is 9.43. The minimum absolute atomic E-state index is 0.146. The molecule has 1 heterocycles. The van der Waals surface area contributed by atoms with E-state index in [1.807, 2.05) is 18.2 Å². The van der Waals surface area contributed by atoms with Crippen molar-refractivity contribution in [3.05, 3.63) is 75.9 Å². The summed E-state index contributed by atoms with van der Waals surface area (Å²) in [5.41, 5.74) is 1.54. The van der Waals surface area contributed by atoms with Crippen molar-refractivity contribution in [1.82, 2.24) is 10.3 Å². The number of esters is 1. The molecule has 0 aliphatic carbocycles. The predicted molar refractivity (Wildman–Crippen MR) is 110 cm³/mol. The molecule has 7 heteroatoms. The van der Waals surface area contributed by atoms with Gasteiger partial charge in [0.25, 0.3) is 5.91 Å². The number of carbonyl (C=O) groups is 2. The molecule has 1 N–H and O–H groups in total. The predicted octanol–water partition coefficient (Wildman–Crippen LogP) is 4.96. The highest BCUT2D eigenvalue weighted by molar-refractivity contribution is 6.35. The van der Waals surface area contributed by atoms with Gasteiger partial charge in [-0.3, -0.25) is 4.79 Å². The monoisotopic (exact) mass is 416 g/mol. The lowest BCUT2D eigenvalue weighted by atomic mass is 10.1. The summed E-state index contributed by atoms with van der Waals surface area (Å²) in [5, 5.41) is 4.65. The zero-order chi connectivity index (χ0) is 20.3. The molecular weight excluding hydrogens is 399 g/mol. The second kappa shape index (κ2) is 8.59. The number of fused-ring (bicyclic) bond motifs is 1. The molecule has 0 bridgehead atoms. The number of rotatable bonds is 5. The second-order valence-corrected chi connectivity index (χ2v) is 7.18. The van der Waals surface area contributed by atoms with Crippen molar-refractivity contribution in [3.8, 4) is 0 Å². The van der Waals surface area contributed by atoms with E-state index in [4.69, 9.17) is 27.9 Å². The summed E-state index contributed by atoms with van der Waals surface area (Å²) < 4.78 is 5.27.